The van der Waals surface area contributed by atoms with E-state index in [0.717, 1.165) is 35.2 Å². The molecule has 4 N–H and O–H groups in total. The molecule has 0 fully saturated rings. The number of benzene rings is 2. The molecule has 4 aromatic rings. The number of carbonyl (C=O) groups excluding carboxylic acids is 1. The minimum absolute atomic E-state index is 0.224. The largest absolute Gasteiger partial charge is 0.478 e. The van der Waals surface area contributed by atoms with Crippen LogP contribution in [0.3, 0.4) is 0 Å². The van der Waals surface area contributed by atoms with E-state index in [1.54, 1.807) is 37.3 Å². The number of aliphatic hydroxyl groups is 1. The van der Waals surface area contributed by atoms with Crippen molar-refractivity contribution in [3.8, 4) is 22.5 Å². The van der Waals surface area contributed by atoms with Crippen LogP contribution in [0.4, 0.5) is 0 Å². The number of methoxy groups -OCH3 is 1. The van der Waals surface area contributed by atoms with Gasteiger partial charge in [0.2, 0.25) is 0 Å². The van der Waals surface area contributed by atoms with Gasteiger partial charge in [0.25, 0.3) is 0 Å². The Morgan fingerprint density at radius 1 is 0.784 bits per heavy atom. The molecule has 9 nitrogen and oxygen atoms in total. The van der Waals surface area contributed by atoms with Crippen LogP contribution in [-0.2, 0) is 4.74 Å². The molecule has 0 spiro atoms. The normalized spacial score (nSPS) is 10.1. The number of nitrogens with one attached hydrogen (secondary N) is 2. The van der Waals surface area contributed by atoms with Gasteiger partial charge in [0.1, 0.15) is 33.3 Å². The van der Waals surface area contributed by atoms with Crippen molar-refractivity contribution in [3.63, 3.8) is 0 Å². The number of nitrogens with zero attached hydrogens (tertiary/aromatic N) is 2. The molecule has 0 aliphatic carbocycles. The van der Waals surface area contributed by atoms with Gasteiger partial charge in [0, 0.05) is 18.2 Å². The van der Waals surface area contributed by atoms with E-state index in [1.807, 2.05) is 26.8 Å². The summed E-state index contributed by atoms with van der Waals surface area (Å²) in [6, 6.07) is 10.2. The number of aliphatic hydroxyl groups excluding tert-OH is 1. The van der Waals surface area contributed by atoms with Crippen LogP contribution in [0.1, 0.15) is 43.5 Å². The van der Waals surface area contributed by atoms with E-state index >= 15 is 0 Å². The van der Waals surface area contributed by atoms with E-state index in [0.29, 0.717) is 33.1 Å². The number of H-pyrrole nitrogens is 2. The van der Waals surface area contributed by atoms with Crippen LogP contribution < -0.4 is 0 Å². The van der Waals surface area contributed by atoms with Gasteiger partial charge in [0.15, 0.2) is 0 Å². The highest BCUT2D eigenvalue weighted by atomic mass is 35.5. The first-order chi connectivity index (χ1) is 17.5. The standard InChI is InChI=1S/C13H13ClN2O2.C12H11ClN2O2.CH4O/c1-7-4-5-9(13(17)18-3)6-10(7)11-12(14)16-8(2)15-11;1-6-3-4-8(12(16)17)5-9(6)10-11(13)15-7(2)14-10;1-2/h4-6H,1-3H3,(H,15,16);3-5H,1-2H3,(H,14,15)(H,16,17);2H,1H3. The number of rotatable bonds is 4. The quantitative estimate of drug-likeness (QED) is 0.237. The molecule has 0 saturated heterocycles. The maximum Gasteiger partial charge on any atom is 0.337 e. The van der Waals surface area contributed by atoms with E-state index in [9.17, 15) is 9.59 Å². The maximum absolute atomic E-state index is 11.5. The number of hydrogen-bond acceptors (Lipinski definition) is 6. The molecule has 0 atom stereocenters. The van der Waals surface area contributed by atoms with Crippen LogP contribution in [0.5, 0.6) is 0 Å². The monoisotopic (exact) mass is 546 g/mol. The number of carbonyl (C=O) groups is 2. The van der Waals surface area contributed by atoms with Crippen molar-refractivity contribution in [3.05, 3.63) is 80.6 Å². The van der Waals surface area contributed by atoms with Crippen LogP contribution in [0.25, 0.3) is 22.5 Å². The number of carboxylic acid groups (broad SMARTS) is 1. The molecule has 0 radical (unpaired) electrons. The zero-order valence-corrected chi connectivity index (χ0v) is 22.7. The molecular weight excluding hydrogens is 519 g/mol. The smallest absolute Gasteiger partial charge is 0.337 e. The number of ether oxygens (including phenoxy) is 1. The number of imidazole rings is 2. The number of aromatic carboxylic acids is 1. The van der Waals surface area contributed by atoms with Gasteiger partial charge in [0.05, 0.1) is 18.2 Å². The molecule has 0 saturated carbocycles. The Balaban J connectivity index is 0.000000244. The zero-order valence-electron chi connectivity index (χ0n) is 21.2. The molecule has 2 heterocycles. The average molecular weight is 547 g/mol. The molecular formula is C26H28Cl2N4O5. The van der Waals surface area contributed by atoms with Gasteiger partial charge in [-0.25, -0.2) is 19.6 Å². The van der Waals surface area contributed by atoms with Gasteiger partial charge < -0.3 is 24.9 Å². The first-order valence-electron chi connectivity index (χ1n) is 10.9. The van der Waals surface area contributed by atoms with E-state index in [-0.39, 0.29) is 11.5 Å². The third-order valence-electron chi connectivity index (χ3n) is 5.21. The summed E-state index contributed by atoms with van der Waals surface area (Å²) in [6.45, 7) is 7.46. The maximum atomic E-state index is 11.5. The van der Waals surface area contributed by atoms with Crippen LogP contribution in [0.15, 0.2) is 36.4 Å². The highest BCUT2D eigenvalue weighted by Crippen LogP contribution is 2.30. The summed E-state index contributed by atoms with van der Waals surface area (Å²) in [7, 11) is 2.35. The van der Waals surface area contributed by atoms with E-state index in [1.165, 1.54) is 7.11 Å². The molecule has 37 heavy (non-hydrogen) atoms. The van der Waals surface area contributed by atoms with Crippen LogP contribution in [-0.4, -0.2) is 56.3 Å². The van der Waals surface area contributed by atoms with Crippen molar-refractivity contribution in [2.45, 2.75) is 27.7 Å². The van der Waals surface area contributed by atoms with E-state index in [4.69, 9.17) is 38.2 Å². The molecule has 2 aromatic heterocycles. The predicted octanol–water partition coefficient (Wildman–Crippen LogP) is 5.79. The Hall–Kier alpha value is -3.66. The number of aryl methyl sites for hydroxylation is 4. The summed E-state index contributed by atoms with van der Waals surface area (Å²) in [4.78, 5) is 36.9. The van der Waals surface area contributed by atoms with Crippen molar-refractivity contribution in [1.29, 1.82) is 0 Å². The fraction of sp³-hybridized carbons (Fsp3) is 0.231. The summed E-state index contributed by atoms with van der Waals surface area (Å²) in [6.07, 6.45) is 0. The molecule has 196 valence electrons. The molecule has 0 aliphatic heterocycles. The molecule has 0 unspecified atom stereocenters. The van der Waals surface area contributed by atoms with Gasteiger partial charge in [-0.15, -0.1) is 0 Å². The second kappa shape index (κ2) is 13.0. The lowest BCUT2D eigenvalue weighted by molar-refractivity contribution is 0.0600. The first-order valence-corrected chi connectivity index (χ1v) is 11.7. The molecule has 4 rings (SSSR count). The van der Waals surface area contributed by atoms with Gasteiger partial charge in [-0.1, -0.05) is 35.3 Å². The molecule has 0 amide bonds. The molecule has 2 aromatic carbocycles. The number of esters is 1. The molecule has 11 heteroatoms. The van der Waals surface area contributed by atoms with Crippen LogP contribution >= 0.6 is 23.2 Å². The summed E-state index contributed by atoms with van der Waals surface area (Å²) in [5.41, 5.74) is 5.44. The third-order valence-corrected chi connectivity index (χ3v) is 5.76. The highest BCUT2D eigenvalue weighted by Gasteiger charge is 2.15. The lowest BCUT2D eigenvalue weighted by Gasteiger charge is -2.06. The van der Waals surface area contributed by atoms with Crippen molar-refractivity contribution in [2.24, 2.45) is 0 Å². The van der Waals surface area contributed by atoms with Crippen molar-refractivity contribution in [1.82, 2.24) is 19.9 Å². The summed E-state index contributed by atoms with van der Waals surface area (Å²) < 4.78 is 4.70. The van der Waals surface area contributed by atoms with Gasteiger partial charge in [-0.05, 0) is 63.1 Å². The summed E-state index contributed by atoms with van der Waals surface area (Å²) in [5.74, 6) is 0.0947. The van der Waals surface area contributed by atoms with Crippen molar-refractivity contribution >= 4 is 35.1 Å². The van der Waals surface area contributed by atoms with E-state index in [2.05, 4.69) is 19.9 Å². The fourth-order valence-corrected chi connectivity index (χ4v) is 3.98. The Morgan fingerprint density at radius 2 is 1.19 bits per heavy atom. The zero-order chi connectivity index (χ0) is 27.9. The predicted molar refractivity (Wildman–Crippen MR) is 143 cm³/mol. The minimum atomic E-state index is -0.963. The van der Waals surface area contributed by atoms with Gasteiger partial charge in [-0.3, -0.25) is 0 Å². The third kappa shape index (κ3) is 7.19. The summed E-state index contributed by atoms with van der Waals surface area (Å²) >= 11 is 12.1. The highest BCUT2D eigenvalue weighted by molar-refractivity contribution is 6.32. The van der Waals surface area contributed by atoms with Crippen molar-refractivity contribution < 1.29 is 24.5 Å². The average Bonchev–Trinajstić information content (AvgIpc) is 3.39. The number of hydrogen-bond donors (Lipinski definition) is 4. The first kappa shape index (κ1) is 29.6. The SMILES string of the molecule is CO.COC(=O)c1ccc(C)c(-c2nc(C)[nH]c2Cl)c1.Cc1nc(-c2cc(C(=O)O)ccc2C)c(Cl)[nH]1. The number of halogens is 2. The topological polar surface area (TPSA) is 141 Å². The Labute approximate surface area is 224 Å². The Bertz CT molecular complexity index is 1410. The summed E-state index contributed by atoms with van der Waals surface area (Å²) in [5, 5.41) is 16.9. The van der Waals surface area contributed by atoms with Crippen LogP contribution in [0, 0.1) is 27.7 Å². The number of aromatic nitrogens is 4. The molecule has 0 bridgehead atoms. The Kier molecular flexibility index (Phi) is 10.4. The lowest BCUT2D eigenvalue weighted by atomic mass is 10.0. The minimum Gasteiger partial charge on any atom is -0.478 e. The number of aromatic amines is 2. The van der Waals surface area contributed by atoms with E-state index < -0.39 is 5.97 Å². The van der Waals surface area contributed by atoms with Gasteiger partial charge >= 0.3 is 11.9 Å². The molecule has 0 aliphatic rings. The second-order valence-electron chi connectivity index (χ2n) is 7.83. The fourth-order valence-electron chi connectivity index (χ4n) is 3.41. The van der Waals surface area contributed by atoms with Gasteiger partial charge in [-0.2, -0.15) is 0 Å². The lowest BCUT2D eigenvalue weighted by Crippen LogP contribution is -2.01. The number of carboxylic acids is 1. The van der Waals surface area contributed by atoms with Crippen LogP contribution in [0.2, 0.25) is 10.3 Å². The second-order valence-corrected chi connectivity index (χ2v) is 8.58. The van der Waals surface area contributed by atoms with Crippen molar-refractivity contribution in [2.75, 3.05) is 14.2 Å². The Morgan fingerprint density at radius 3 is 1.54 bits per heavy atom.